The minimum absolute atomic E-state index is 0.837. The molecule has 2 aromatic heterocycles. The van der Waals surface area contributed by atoms with Gasteiger partial charge in [-0.2, -0.15) is 0 Å². The largest absolute Gasteiger partial charge is 0.371 e. The molecule has 0 fully saturated rings. The Balaban J connectivity index is 2.32. The van der Waals surface area contributed by atoms with E-state index in [1.807, 2.05) is 20.9 Å². The van der Waals surface area contributed by atoms with Crippen LogP contribution in [0, 0.1) is 13.8 Å². The van der Waals surface area contributed by atoms with Gasteiger partial charge in [-0.05, 0) is 30.7 Å². The Labute approximate surface area is 116 Å². The van der Waals surface area contributed by atoms with E-state index >= 15 is 0 Å². The predicted octanol–water partition coefficient (Wildman–Crippen LogP) is 4.02. The summed E-state index contributed by atoms with van der Waals surface area (Å²) < 4.78 is 1.26. The van der Waals surface area contributed by atoms with Gasteiger partial charge in [-0.25, -0.2) is 9.97 Å². The molecule has 2 heterocycles. The van der Waals surface area contributed by atoms with E-state index in [9.17, 15) is 0 Å². The zero-order valence-electron chi connectivity index (χ0n) is 11.2. The number of benzene rings is 1. The molecule has 3 nitrogen and oxygen atoms in total. The average molecular weight is 269 g/mol. The highest BCUT2D eigenvalue weighted by Gasteiger charge is 2.13. The van der Waals surface area contributed by atoms with Gasteiger partial charge in [0.05, 0.1) is 11.4 Å². The lowest BCUT2D eigenvalue weighted by atomic mass is 10.1. The van der Waals surface area contributed by atoms with Crippen molar-refractivity contribution in [1.82, 2.24) is 9.97 Å². The molecule has 4 heteroatoms. The molecule has 19 heavy (non-hydrogen) atoms. The molecule has 0 saturated heterocycles. The van der Waals surface area contributed by atoms with Crippen molar-refractivity contribution in [2.24, 2.45) is 0 Å². The summed E-state index contributed by atoms with van der Waals surface area (Å²) in [7, 11) is 1.89. The molecular formula is C15H15N3S. The van der Waals surface area contributed by atoms with Crippen LogP contribution < -0.4 is 5.32 Å². The van der Waals surface area contributed by atoms with Crippen LogP contribution in [-0.4, -0.2) is 17.0 Å². The second-order valence-corrected chi connectivity index (χ2v) is 5.40. The summed E-state index contributed by atoms with van der Waals surface area (Å²) >= 11 is 1.74. The molecule has 0 bridgehead atoms. The van der Waals surface area contributed by atoms with Gasteiger partial charge >= 0.3 is 0 Å². The maximum atomic E-state index is 4.73. The lowest BCUT2D eigenvalue weighted by Gasteiger charge is -2.11. The van der Waals surface area contributed by atoms with E-state index in [1.54, 1.807) is 11.3 Å². The summed E-state index contributed by atoms with van der Waals surface area (Å²) in [6.07, 6.45) is 0. The van der Waals surface area contributed by atoms with E-state index in [2.05, 4.69) is 39.9 Å². The van der Waals surface area contributed by atoms with Crippen LogP contribution in [0.1, 0.15) is 11.4 Å². The summed E-state index contributed by atoms with van der Waals surface area (Å²) in [5, 5.41) is 6.52. The van der Waals surface area contributed by atoms with Crippen molar-refractivity contribution in [2.45, 2.75) is 13.8 Å². The lowest BCUT2D eigenvalue weighted by molar-refractivity contribution is 1.05. The molecule has 1 aromatic carbocycles. The standard InChI is InChI=1S/C15H15N3S/c1-9-10(2)18-15(16-3)13(17-9)12-6-4-5-11-7-8-19-14(11)12/h4-8H,1-3H3,(H,16,18). The third-order valence-electron chi connectivity index (χ3n) is 3.28. The van der Waals surface area contributed by atoms with E-state index in [1.165, 1.54) is 10.1 Å². The van der Waals surface area contributed by atoms with Gasteiger partial charge in [-0.1, -0.05) is 18.2 Å². The number of aromatic nitrogens is 2. The number of anilines is 1. The van der Waals surface area contributed by atoms with Crippen molar-refractivity contribution < 1.29 is 0 Å². The Bertz CT molecular complexity index is 746. The Kier molecular flexibility index (Phi) is 2.95. The van der Waals surface area contributed by atoms with E-state index in [0.717, 1.165) is 28.5 Å². The summed E-state index contributed by atoms with van der Waals surface area (Å²) in [6, 6.07) is 8.44. The fourth-order valence-corrected chi connectivity index (χ4v) is 3.06. The maximum Gasteiger partial charge on any atom is 0.152 e. The minimum Gasteiger partial charge on any atom is -0.371 e. The predicted molar refractivity (Wildman–Crippen MR) is 81.9 cm³/mol. The summed E-state index contributed by atoms with van der Waals surface area (Å²) in [5.74, 6) is 0.837. The van der Waals surface area contributed by atoms with Gasteiger partial charge in [0.1, 0.15) is 5.69 Å². The monoisotopic (exact) mass is 269 g/mol. The Morgan fingerprint density at radius 1 is 1.05 bits per heavy atom. The van der Waals surface area contributed by atoms with E-state index in [-0.39, 0.29) is 0 Å². The van der Waals surface area contributed by atoms with Crippen molar-refractivity contribution in [2.75, 3.05) is 12.4 Å². The van der Waals surface area contributed by atoms with Crippen LogP contribution in [0.15, 0.2) is 29.6 Å². The van der Waals surface area contributed by atoms with Crippen molar-refractivity contribution >= 4 is 27.2 Å². The summed E-state index contributed by atoms with van der Waals surface area (Å²) in [4.78, 5) is 9.31. The highest BCUT2D eigenvalue weighted by Crippen LogP contribution is 2.34. The molecule has 3 rings (SSSR count). The van der Waals surface area contributed by atoms with Crippen LogP contribution in [0.25, 0.3) is 21.3 Å². The molecule has 0 aliphatic heterocycles. The third kappa shape index (κ3) is 1.98. The molecule has 0 aliphatic rings. The first kappa shape index (κ1) is 12.1. The maximum absolute atomic E-state index is 4.73. The van der Waals surface area contributed by atoms with Gasteiger partial charge in [0.15, 0.2) is 5.82 Å². The van der Waals surface area contributed by atoms with Gasteiger partial charge in [-0.3, -0.25) is 0 Å². The molecule has 0 spiro atoms. The van der Waals surface area contributed by atoms with Crippen LogP contribution in [0.5, 0.6) is 0 Å². The van der Waals surface area contributed by atoms with Gasteiger partial charge in [0, 0.05) is 17.3 Å². The fourth-order valence-electron chi connectivity index (χ4n) is 2.14. The molecule has 3 aromatic rings. The number of hydrogen-bond donors (Lipinski definition) is 1. The van der Waals surface area contributed by atoms with E-state index < -0.39 is 0 Å². The topological polar surface area (TPSA) is 37.8 Å². The van der Waals surface area contributed by atoms with E-state index in [4.69, 9.17) is 4.98 Å². The van der Waals surface area contributed by atoms with Crippen molar-refractivity contribution in [1.29, 1.82) is 0 Å². The van der Waals surface area contributed by atoms with Gasteiger partial charge in [-0.15, -0.1) is 11.3 Å². The second kappa shape index (κ2) is 4.63. The quantitative estimate of drug-likeness (QED) is 0.763. The van der Waals surface area contributed by atoms with E-state index in [0.29, 0.717) is 0 Å². The molecule has 0 amide bonds. The summed E-state index contributed by atoms with van der Waals surface area (Å²) in [5.41, 5.74) is 4.01. The van der Waals surface area contributed by atoms with Crippen molar-refractivity contribution in [3.63, 3.8) is 0 Å². The zero-order chi connectivity index (χ0) is 13.4. The normalized spacial score (nSPS) is 10.9. The highest BCUT2D eigenvalue weighted by molar-refractivity contribution is 7.17. The Morgan fingerprint density at radius 3 is 2.63 bits per heavy atom. The van der Waals surface area contributed by atoms with Crippen molar-refractivity contribution in [3.8, 4) is 11.3 Å². The second-order valence-electron chi connectivity index (χ2n) is 4.49. The van der Waals surface area contributed by atoms with Gasteiger partial charge < -0.3 is 5.32 Å². The fraction of sp³-hybridized carbons (Fsp3) is 0.200. The number of nitrogens with one attached hydrogen (secondary N) is 1. The van der Waals surface area contributed by atoms with Crippen molar-refractivity contribution in [3.05, 3.63) is 41.0 Å². The van der Waals surface area contributed by atoms with Crippen LogP contribution >= 0.6 is 11.3 Å². The Hall–Kier alpha value is -1.94. The van der Waals surface area contributed by atoms with Crippen LogP contribution in [-0.2, 0) is 0 Å². The smallest absolute Gasteiger partial charge is 0.152 e. The number of fused-ring (bicyclic) bond motifs is 1. The van der Waals surface area contributed by atoms with Crippen LogP contribution in [0.3, 0.4) is 0 Å². The molecule has 1 N–H and O–H groups in total. The zero-order valence-corrected chi connectivity index (χ0v) is 12.0. The highest BCUT2D eigenvalue weighted by atomic mass is 32.1. The minimum atomic E-state index is 0.837. The SMILES string of the molecule is CNc1nc(C)c(C)nc1-c1cccc2ccsc12. The molecule has 0 aliphatic carbocycles. The Morgan fingerprint density at radius 2 is 1.84 bits per heavy atom. The molecule has 0 saturated carbocycles. The molecule has 0 atom stereocenters. The molecule has 96 valence electrons. The third-order valence-corrected chi connectivity index (χ3v) is 4.24. The number of nitrogens with zero attached hydrogens (tertiary/aromatic N) is 2. The number of thiophene rings is 1. The van der Waals surface area contributed by atoms with Gasteiger partial charge in [0.25, 0.3) is 0 Å². The first-order valence-corrected chi connectivity index (χ1v) is 7.08. The number of aryl methyl sites for hydroxylation is 2. The first-order valence-electron chi connectivity index (χ1n) is 6.20. The number of hydrogen-bond acceptors (Lipinski definition) is 4. The average Bonchev–Trinajstić information content (AvgIpc) is 2.89. The molecular weight excluding hydrogens is 254 g/mol. The number of rotatable bonds is 2. The first-order chi connectivity index (χ1) is 9.20. The lowest BCUT2D eigenvalue weighted by Crippen LogP contribution is -2.02. The molecule has 0 radical (unpaired) electrons. The van der Waals surface area contributed by atoms with Crippen LogP contribution in [0.4, 0.5) is 5.82 Å². The van der Waals surface area contributed by atoms with Crippen LogP contribution in [0.2, 0.25) is 0 Å². The molecule has 0 unspecified atom stereocenters. The summed E-state index contributed by atoms with van der Waals surface area (Å²) in [6.45, 7) is 3.98. The van der Waals surface area contributed by atoms with Gasteiger partial charge in [0.2, 0.25) is 0 Å².